The van der Waals surface area contributed by atoms with Crippen LogP contribution in [-0.2, 0) is 4.74 Å². The van der Waals surface area contributed by atoms with E-state index in [2.05, 4.69) is 26.1 Å². The Kier molecular flexibility index (Phi) is 8.01. The van der Waals surface area contributed by atoms with E-state index >= 15 is 0 Å². The minimum atomic E-state index is 0.538. The summed E-state index contributed by atoms with van der Waals surface area (Å²) < 4.78 is 5.12. The highest BCUT2D eigenvalue weighted by molar-refractivity contribution is 4.89. The van der Waals surface area contributed by atoms with Gasteiger partial charge in [0.25, 0.3) is 0 Å². The van der Waals surface area contributed by atoms with E-state index in [0.717, 1.165) is 25.0 Å². The normalized spacial score (nSPS) is 27.9. The Labute approximate surface area is 120 Å². The minimum Gasteiger partial charge on any atom is -0.383 e. The van der Waals surface area contributed by atoms with Gasteiger partial charge in [-0.1, -0.05) is 40.0 Å². The second-order valence-corrected chi connectivity index (χ2v) is 6.77. The second-order valence-electron chi connectivity index (χ2n) is 6.77. The molecule has 0 aromatic rings. The molecule has 0 saturated heterocycles. The van der Waals surface area contributed by atoms with Crippen molar-refractivity contribution >= 4 is 0 Å². The molecule has 114 valence electrons. The lowest BCUT2D eigenvalue weighted by Crippen LogP contribution is -2.42. The molecule has 0 aromatic carbocycles. The maximum Gasteiger partial charge on any atom is 0.0587 e. The topological polar surface area (TPSA) is 21.3 Å². The molecule has 0 spiro atoms. The van der Waals surface area contributed by atoms with E-state index in [0.29, 0.717) is 5.41 Å². The summed E-state index contributed by atoms with van der Waals surface area (Å²) in [6, 6.07) is 0. The summed E-state index contributed by atoms with van der Waals surface area (Å²) in [5, 5.41) is 3.61. The van der Waals surface area contributed by atoms with Crippen LogP contribution in [-0.4, -0.2) is 26.8 Å². The van der Waals surface area contributed by atoms with Crippen LogP contribution >= 0.6 is 0 Å². The van der Waals surface area contributed by atoms with Gasteiger partial charge in [-0.25, -0.2) is 0 Å². The molecule has 1 fully saturated rings. The van der Waals surface area contributed by atoms with Crippen molar-refractivity contribution in [1.82, 2.24) is 5.32 Å². The standard InChI is InChI=1S/C17H35NO/c1-5-6-7-16-8-10-17(11-9-16,15(2)3)14-18-12-13-19-4/h15-16,18H,5-14H2,1-4H3. The van der Waals surface area contributed by atoms with Crippen LogP contribution in [0.5, 0.6) is 0 Å². The Morgan fingerprint density at radius 1 is 1.26 bits per heavy atom. The summed E-state index contributed by atoms with van der Waals surface area (Å²) >= 11 is 0. The average molecular weight is 269 g/mol. The van der Waals surface area contributed by atoms with Crippen LogP contribution in [0, 0.1) is 17.3 Å². The number of nitrogens with one attached hydrogen (secondary N) is 1. The molecule has 2 nitrogen and oxygen atoms in total. The first kappa shape index (κ1) is 17.0. The van der Waals surface area contributed by atoms with Crippen molar-refractivity contribution in [3.63, 3.8) is 0 Å². The monoisotopic (exact) mass is 269 g/mol. The summed E-state index contributed by atoms with van der Waals surface area (Å²) in [6.45, 7) is 10.1. The van der Waals surface area contributed by atoms with Crippen LogP contribution in [0.3, 0.4) is 0 Å². The Morgan fingerprint density at radius 3 is 2.47 bits per heavy atom. The van der Waals surface area contributed by atoms with Gasteiger partial charge in [-0.05, 0) is 42.9 Å². The lowest BCUT2D eigenvalue weighted by Gasteiger charge is -2.44. The maximum atomic E-state index is 5.12. The zero-order valence-corrected chi connectivity index (χ0v) is 13.6. The zero-order valence-electron chi connectivity index (χ0n) is 13.6. The highest BCUT2D eigenvalue weighted by Gasteiger charge is 2.37. The van der Waals surface area contributed by atoms with Crippen LogP contribution in [0.15, 0.2) is 0 Å². The largest absolute Gasteiger partial charge is 0.383 e. The fourth-order valence-electron chi connectivity index (χ4n) is 3.50. The third-order valence-electron chi connectivity index (χ3n) is 5.25. The van der Waals surface area contributed by atoms with E-state index < -0.39 is 0 Å². The van der Waals surface area contributed by atoms with Gasteiger partial charge in [-0.2, -0.15) is 0 Å². The van der Waals surface area contributed by atoms with E-state index in [4.69, 9.17) is 4.74 Å². The Bertz CT molecular complexity index is 219. The highest BCUT2D eigenvalue weighted by atomic mass is 16.5. The number of ether oxygens (including phenoxy) is 1. The molecule has 1 rings (SSSR count). The first-order chi connectivity index (χ1) is 9.14. The van der Waals surface area contributed by atoms with Gasteiger partial charge in [0.05, 0.1) is 6.61 Å². The van der Waals surface area contributed by atoms with Gasteiger partial charge < -0.3 is 10.1 Å². The van der Waals surface area contributed by atoms with Gasteiger partial charge in [0.15, 0.2) is 0 Å². The van der Waals surface area contributed by atoms with Gasteiger partial charge in [0.1, 0.15) is 0 Å². The molecule has 0 bridgehead atoms. The van der Waals surface area contributed by atoms with Crippen molar-refractivity contribution in [2.45, 2.75) is 65.7 Å². The van der Waals surface area contributed by atoms with Gasteiger partial charge in [0.2, 0.25) is 0 Å². The van der Waals surface area contributed by atoms with Crippen LogP contribution in [0.1, 0.15) is 65.7 Å². The number of hydrogen-bond acceptors (Lipinski definition) is 2. The average Bonchev–Trinajstić information content (AvgIpc) is 2.42. The highest BCUT2D eigenvalue weighted by Crippen LogP contribution is 2.45. The Morgan fingerprint density at radius 2 is 1.95 bits per heavy atom. The van der Waals surface area contributed by atoms with Gasteiger partial charge in [-0.3, -0.25) is 0 Å². The molecular formula is C17H35NO. The smallest absolute Gasteiger partial charge is 0.0587 e. The molecule has 19 heavy (non-hydrogen) atoms. The van der Waals surface area contributed by atoms with E-state index in [1.165, 1.54) is 51.5 Å². The molecule has 1 saturated carbocycles. The summed E-state index contributed by atoms with van der Waals surface area (Å²) in [5.74, 6) is 1.79. The molecular weight excluding hydrogens is 234 g/mol. The van der Waals surface area contributed by atoms with E-state index in [1.807, 2.05) is 0 Å². The molecule has 2 heteroatoms. The SMILES string of the molecule is CCCCC1CCC(CNCCOC)(C(C)C)CC1. The zero-order chi connectivity index (χ0) is 14.1. The number of hydrogen-bond donors (Lipinski definition) is 1. The number of rotatable bonds is 9. The molecule has 0 unspecified atom stereocenters. The van der Waals surface area contributed by atoms with Crippen molar-refractivity contribution in [3.05, 3.63) is 0 Å². The summed E-state index contributed by atoms with van der Waals surface area (Å²) in [6.07, 6.45) is 9.96. The predicted octanol–water partition coefficient (Wildman–Crippen LogP) is 4.25. The van der Waals surface area contributed by atoms with E-state index in [1.54, 1.807) is 7.11 Å². The van der Waals surface area contributed by atoms with Crippen LogP contribution < -0.4 is 5.32 Å². The fourth-order valence-corrected chi connectivity index (χ4v) is 3.50. The third-order valence-corrected chi connectivity index (χ3v) is 5.25. The van der Waals surface area contributed by atoms with Gasteiger partial charge >= 0.3 is 0 Å². The fraction of sp³-hybridized carbons (Fsp3) is 1.00. The second kappa shape index (κ2) is 8.97. The molecule has 0 heterocycles. The van der Waals surface area contributed by atoms with Crippen molar-refractivity contribution in [2.24, 2.45) is 17.3 Å². The predicted molar refractivity (Wildman–Crippen MR) is 83.5 cm³/mol. The number of methoxy groups -OCH3 is 1. The van der Waals surface area contributed by atoms with Crippen molar-refractivity contribution in [2.75, 3.05) is 26.8 Å². The Hall–Kier alpha value is -0.0800. The van der Waals surface area contributed by atoms with Gasteiger partial charge in [-0.15, -0.1) is 0 Å². The quantitative estimate of drug-likeness (QED) is 0.632. The first-order valence-electron chi connectivity index (χ1n) is 8.34. The molecule has 1 aliphatic rings. The van der Waals surface area contributed by atoms with Crippen LogP contribution in [0.25, 0.3) is 0 Å². The van der Waals surface area contributed by atoms with Crippen LogP contribution in [0.4, 0.5) is 0 Å². The Balaban J connectivity index is 2.38. The molecule has 0 atom stereocenters. The van der Waals surface area contributed by atoms with Crippen LogP contribution in [0.2, 0.25) is 0 Å². The van der Waals surface area contributed by atoms with Crippen molar-refractivity contribution < 1.29 is 4.74 Å². The summed E-state index contributed by atoms with van der Waals surface area (Å²) in [7, 11) is 1.78. The minimum absolute atomic E-state index is 0.538. The van der Waals surface area contributed by atoms with E-state index in [-0.39, 0.29) is 0 Å². The molecule has 0 aromatic heterocycles. The van der Waals surface area contributed by atoms with E-state index in [9.17, 15) is 0 Å². The third kappa shape index (κ3) is 5.43. The lowest BCUT2D eigenvalue weighted by molar-refractivity contribution is 0.0828. The summed E-state index contributed by atoms with van der Waals surface area (Å²) in [5.41, 5.74) is 0.538. The first-order valence-corrected chi connectivity index (χ1v) is 8.34. The number of unbranched alkanes of at least 4 members (excludes halogenated alkanes) is 1. The van der Waals surface area contributed by atoms with Crippen molar-refractivity contribution in [1.29, 1.82) is 0 Å². The molecule has 1 N–H and O–H groups in total. The molecule has 0 aliphatic heterocycles. The molecule has 0 amide bonds. The van der Waals surface area contributed by atoms with Gasteiger partial charge in [0, 0.05) is 20.2 Å². The maximum absolute atomic E-state index is 5.12. The summed E-state index contributed by atoms with van der Waals surface area (Å²) in [4.78, 5) is 0. The lowest BCUT2D eigenvalue weighted by atomic mass is 9.64. The molecule has 0 radical (unpaired) electrons. The van der Waals surface area contributed by atoms with Crippen molar-refractivity contribution in [3.8, 4) is 0 Å². The molecule has 1 aliphatic carbocycles.